The molecule has 31 heavy (non-hydrogen) atoms. The molecule has 8 N–H and O–H groups in total. The van der Waals surface area contributed by atoms with E-state index in [1.165, 1.54) is 0 Å². The maximum Gasteiger partial charge on any atom is 0.326 e. The molecule has 0 aliphatic rings. The maximum atomic E-state index is 12.7. The molecule has 3 unspecified atom stereocenters. The normalized spacial score (nSPS) is 13.5. The average Bonchev–Trinajstić information content (AvgIpc) is 2.70. The number of benzene rings is 1. The molecule has 0 spiro atoms. The summed E-state index contributed by atoms with van der Waals surface area (Å²) in [6.07, 6.45) is -0.550. The molecule has 3 atom stereocenters. The van der Waals surface area contributed by atoms with Gasteiger partial charge in [0.25, 0.3) is 0 Å². The van der Waals surface area contributed by atoms with Crippen molar-refractivity contribution in [1.29, 1.82) is 0 Å². The molecule has 0 heterocycles. The minimum absolute atomic E-state index is 0.000325. The summed E-state index contributed by atoms with van der Waals surface area (Å²) in [5.74, 6) is -4.69. The molecule has 1 rings (SSSR count). The van der Waals surface area contributed by atoms with Crippen molar-refractivity contribution >= 4 is 29.6 Å². The Balaban J connectivity index is 2.96. The quantitative estimate of drug-likeness (QED) is 0.224. The van der Waals surface area contributed by atoms with Gasteiger partial charge in [0.2, 0.25) is 23.6 Å². The van der Waals surface area contributed by atoms with Crippen molar-refractivity contribution in [2.75, 3.05) is 6.54 Å². The van der Waals surface area contributed by atoms with Crippen LogP contribution >= 0.6 is 0 Å². The number of carboxylic acids is 1. The summed E-state index contributed by atoms with van der Waals surface area (Å²) in [6, 6.07) is 4.92. The predicted molar refractivity (Wildman–Crippen MR) is 111 cm³/mol. The third-order valence-corrected chi connectivity index (χ3v) is 4.39. The van der Waals surface area contributed by atoms with Gasteiger partial charge in [-0.15, -0.1) is 0 Å². The Morgan fingerprint density at radius 2 is 1.52 bits per heavy atom. The van der Waals surface area contributed by atoms with E-state index in [4.69, 9.17) is 11.5 Å². The molecule has 0 fully saturated rings. The molecule has 1 aromatic rings. The molecule has 4 amide bonds. The fourth-order valence-electron chi connectivity index (χ4n) is 2.76. The number of carbonyl (C=O) groups is 5. The number of carboxylic acid groups (broad SMARTS) is 1. The second kappa shape index (κ2) is 12.3. The van der Waals surface area contributed by atoms with E-state index in [-0.39, 0.29) is 18.9 Å². The van der Waals surface area contributed by atoms with Gasteiger partial charge in [0.1, 0.15) is 18.1 Å². The lowest BCUT2D eigenvalue weighted by Crippen LogP contribution is -2.58. The number of amides is 4. The summed E-state index contributed by atoms with van der Waals surface area (Å²) in [4.78, 5) is 59.9. The van der Waals surface area contributed by atoms with E-state index in [0.717, 1.165) is 0 Å². The van der Waals surface area contributed by atoms with Gasteiger partial charge in [0, 0.05) is 6.42 Å². The Morgan fingerprint density at radius 3 is 2.00 bits per heavy atom. The van der Waals surface area contributed by atoms with Crippen molar-refractivity contribution in [2.24, 2.45) is 17.4 Å². The second-order valence-corrected chi connectivity index (χ2v) is 7.31. The Kier molecular flexibility index (Phi) is 10.1. The van der Waals surface area contributed by atoms with E-state index in [1.54, 1.807) is 44.2 Å². The largest absolute Gasteiger partial charge is 0.480 e. The average molecular weight is 435 g/mol. The van der Waals surface area contributed by atoms with Gasteiger partial charge in [-0.1, -0.05) is 44.2 Å². The van der Waals surface area contributed by atoms with Crippen LogP contribution in [0.4, 0.5) is 0 Å². The zero-order chi connectivity index (χ0) is 23.6. The number of nitrogens with one attached hydrogen (secondary N) is 3. The predicted octanol–water partition coefficient (Wildman–Crippen LogP) is -1.74. The van der Waals surface area contributed by atoms with Crippen LogP contribution < -0.4 is 27.4 Å². The van der Waals surface area contributed by atoms with Crippen molar-refractivity contribution in [3.8, 4) is 0 Å². The highest BCUT2D eigenvalue weighted by molar-refractivity contribution is 5.95. The summed E-state index contributed by atoms with van der Waals surface area (Å²) in [6.45, 7) is 3.01. The lowest BCUT2D eigenvalue weighted by molar-refractivity contribution is -0.142. The molecule has 0 radical (unpaired) electrons. The van der Waals surface area contributed by atoms with E-state index in [2.05, 4.69) is 16.0 Å². The fraction of sp³-hybridized carbons (Fsp3) is 0.450. The monoisotopic (exact) mass is 435 g/mol. The smallest absolute Gasteiger partial charge is 0.326 e. The van der Waals surface area contributed by atoms with Crippen LogP contribution in [0.1, 0.15) is 25.8 Å². The number of nitrogens with two attached hydrogens (primary N) is 2. The fourth-order valence-corrected chi connectivity index (χ4v) is 2.76. The van der Waals surface area contributed by atoms with Crippen LogP contribution in [0, 0.1) is 5.92 Å². The number of carbonyl (C=O) groups excluding carboxylic acids is 4. The van der Waals surface area contributed by atoms with Gasteiger partial charge < -0.3 is 32.5 Å². The first-order valence-corrected chi connectivity index (χ1v) is 9.70. The van der Waals surface area contributed by atoms with Crippen molar-refractivity contribution < 1.29 is 29.1 Å². The first-order chi connectivity index (χ1) is 14.5. The SMILES string of the molecule is CC(C)C(NC(=O)CN)C(=O)NC(CC(N)=O)C(=O)NC(Cc1ccccc1)C(=O)O. The molecule has 11 nitrogen and oxygen atoms in total. The summed E-state index contributed by atoms with van der Waals surface area (Å²) < 4.78 is 0. The van der Waals surface area contributed by atoms with Crippen LogP contribution in [-0.2, 0) is 30.4 Å². The summed E-state index contributed by atoms with van der Waals surface area (Å²) >= 11 is 0. The molecule has 11 heteroatoms. The molecular weight excluding hydrogens is 406 g/mol. The topological polar surface area (TPSA) is 194 Å². The lowest BCUT2D eigenvalue weighted by Gasteiger charge is -2.25. The Hall–Kier alpha value is -3.47. The highest BCUT2D eigenvalue weighted by atomic mass is 16.4. The van der Waals surface area contributed by atoms with E-state index in [0.29, 0.717) is 5.56 Å². The highest BCUT2D eigenvalue weighted by Crippen LogP contribution is 2.06. The number of rotatable bonds is 12. The minimum Gasteiger partial charge on any atom is -0.480 e. The van der Waals surface area contributed by atoms with Gasteiger partial charge in [-0.3, -0.25) is 19.2 Å². The number of primary amides is 1. The van der Waals surface area contributed by atoms with E-state index in [9.17, 15) is 29.1 Å². The Labute approximate surface area is 179 Å². The highest BCUT2D eigenvalue weighted by Gasteiger charge is 2.31. The maximum absolute atomic E-state index is 12.7. The van der Waals surface area contributed by atoms with Crippen molar-refractivity contribution in [3.05, 3.63) is 35.9 Å². The molecule has 0 aromatic heterocycles. The van der Waals surface area contributed by atoms with E-state index < -0.39 is 54.1 Å². The molecule has 170 valence electrons. The van der Waals surface area contributed by atoms with Crippen LogP contribution in [0.15, 0.2) is 30.3 Å². The zero-order valence-electron chi connectivity index (χ0n) is 17.5. The van der Waals surface area contributed by atoms with Gasteiger partial charge >= 0.3 is 5.97 Å². The number of hydrogen-bond donors (Lipinski definition) is 6. The molecule has 0 saturated carbocycles. The summed E-state index contributed by atoms with van der Waals surface area (Å²) in [5.41, 5.74) is 11.1. The first-order valence-electron chi connectivity index (χ1n) is 9.70. The minimum atomic E-state index is -1.42. The molecule has 1 aromatic carbocycles. The Bertz CT molecular complexity index is 799. The standard InChI is InChI=1S/C20H29N5O6/c1-11(2)17(25-16(27)10-21)19(29)23-13(9-15(22)26)18(28)24-14(20(30)31)8-12-6-4-3-5-7-12/h3-7,11,13-14,17H,8-10,21H2,1-2H3,(H2,22,26)(H,23,29)(H,24,28)(H,25,27)(H,30,31). The summed E-state index contributed by atoms with van der Waals surface area (Å²) in [5, 5.41) is 16.6. The summed E-state index contributed by atoms with van der Waals surface area (Å²) in [7, 11) is 0. The third-order valence-electron chi connectivity index (χ3n) is 4.39. The van der Waals surface area contributed by atoms with Gasteiger partial charge in [-0.05, 0) is 11.5 Å². The number of aliphatic carboxylic acids is 1. The van der Waals surface area contributed by atoms with Crippen molar-refractivity contribution in [3.63, 3.8) is 0 Å². The first kappa shape index (κ1) is 25.6. The van der Waals surface area contributed by atoms with E-state index in [1.807, 2.05) is 0 Å². The number of hydrogen-bond acceptors (Lipinski definition) is 6. The lowest BCUT2D eigenvalue weighted by atomic mass is 10.0. The van der Waals surface area contributed by atoms with Crippen molar-refractivity contribution in [1.82, 2.24) is 16.0 Å². The molecular formula is C20H29N5O6. The van der Waals surface area contributed by atoms with Crippen molar-refractivity contribution in [2.45, 2.75) is 44.8 Å². The van der Waals surface area contributed by atoms with Gasteiger partial charge in [0.05, 0.1) is 13.0 Å². The van der Waals surface area contributed by atoms with Crippen LogP contribution in [0.25, 0.3) is 0 Å². The van der Waals surface area contributed by atoms with Crippen LogP contribution in [-0.4, -0.2) is 59.4 Å². The molecule has 0 bridgehead atoms. The van der Waals surface area contributed by atoms with Gasteiger partial charge in [-0.2, -0.15) is 0 Å². The third kappa shape index (κ3) is 8.83. The molecule has 0 aliphatic carbocycles. The molecule has 0 saturated heterocycles. The van der Waals surface area contributed by atoms with Crippen LogP contribution in [0.5, 0.6) is 0 Å². The second-order valence-electron chi connectivity index (χ2n) is 7.31. The van der Waals surface area contributed by atoms with Gasteiger partial charge in [-0.25, -0.2) is 4.79 Å². The molecule has 0 aliphatic heterocycles. The Morgan fingerprint density at radius 1 is 0.935 bits per heavy atom. The van der Waals surface area contributed by atoms with Gasteiger partial charge in [0.15, 0.2) is 0 Å². The van der Waals surface area contributed by atoms with E-state index >= 15 is 0 Å². The zero-order valence-corrected chi connectivity index (χ0v) is 17.5. The van der Waals surface area contributed by atoms with Crippen LogP contribution in [0.2, 0.25) is 0 Å². The van der Waals surface area contributed by atoms with Crippen LogP contribution in [0.3, 0.4) is 0 Å².